The highest BCUT2D eigenvalue weighted by Crippen LogP contribution is 2.19. The molecular weight excluding hydrogens is 222 g/mol. The first-order valence-corrected chi connectivity index (χ1v) is 6.19. The highest BCUT2D eigenvalue weighted by molar-refractivity contribution is 5.85. The van der Waals surface area contributed by atoms with Crippen molar-refractivity contribution in [1.29, 1.82) is 0 Å². The molecule has 1 fully saturated rings. The summed E-state index contributed by atoms with van der Waals surface area (Å²) in [5.74, 6) is -1.36. The maximum atomic E-state index is 11.8. The Labute approximate surface area is 102 Å². The van der Waals surface area contributed by atoms with Crippen LogP contribution in [0.1, 0.15) is 39.5 Å². The molecule has 0 aromatic heterocycles. The monoisotopic (exact) mass is 243 g/mol. The molecule has 0 saturated carbocycles. The number of carboxylic acid groups (broad SMARTS) is 1. The summed E-state index contributed by atoms with van der Waals surface area (Å²) in [6.07, 6.45) is 2.97. The van der Waals surface area contributed by atoms with Gasteiger partial charge in [0.25, 0.3) is 0 Å². The topological polar surface area (TPSA) is 75.6 Å². The summed E-state index contributed by atoms with van der Waals surface area (Å²) in [4.78, 5) is 22.8. The highest BCUT2D eigenvalue weighted by atomic mass is 16.5. The quantitative estimate of drug-likeness (QED) is 0.734. The Balaban J connectivity index is 2.43. The van der Waals surface area contributed by atoms with E-state index in [4.69, 9.17) is 9.84 Å². The Morgan fingerprint density at radius 3 is 2.71 bits per heavy atom. The Morgan fingerprint density at radius 2 is 2.24 bits per heavy atom. The fourth-order valence-corrected chi connectivity index (χ4v) is 1.96. The summed E-state index contributed by atoms with van der Waals surface area (Å²) >= 11 is 0. The van der Waals surface area contributed by atoms with Crippen LogP contribution in [0.2, 0.25) is 0 Å². The molecule has 98 valence electrons. The predicted molar refractivity (Wildman–Crippen MR) is 62.6 cm³/mol. The summed E-state index contributed by atoms with van der Waals surface area (Å²) in [5, 5.41) is 11.6. The fraction of sp³-hybridized carbons (Fsp3) is 0.833. The van der Waals surface area contributed by atoms with E-state index < -0.39 is 12.0 Å². The van der Waals surface area contributed by atoms with Crippen LogP contribution in [-0.4, -0.2) is 35.7 Å². The zero-order valence-electron chi connectivity index (χ0n) is 10.4. The van der Waals surface area contributed by atoms with Gasteiger partial charge in [0.15, 0.2) is 0 Å². The van der Waals surface area contributed by atoms with E-state index in [1.165, 1.54) is 0 Å². The normalized spacial score (nSPS) is 25.5. The number of ether oxygens (including phenoxy) is 1. The maximum absolute atomic E-state index is 11.8. The SMILES string of the molecule is CCCC[C@H](NC(=O)C1COC(C)C1)C(=O)O. The predicted octanol–water partition coefficient (Wildman–Crippen LogP) is 1.17. The number of rotatable bonds is 6. The molecule has 0 spiro atoms. The van der Waals surface area contributed by atoms with Gasteiger partial charge >= 0.3 is 5.97 Å². The molecule has 0 aliphatic carbocycles. The van der Waals surface area contributed by atoms with Crippen molar-refractivity contribution in [3.05, 3.63) is 0 Å². The Kier molecular flexibility index (Phi) is 5.41. The smallest absolute Gasteiger partial charge is 0.326 e. The number of hydrogen-bond donors (Lipinski definition) is 2. The van der Waals surface area contributed by atoms with E-state index in [9.17, 15) is 9.59 Å². The standard InChI is InChI=1S/C12H21NO4/c1-3-4-5-10(12(15)16)13-11(14)9-6-8(2)17-7-9/h8-10H,3-7H2,1-2H3,(H,13,14)(H,15,16)/t8?,9?,10-/m0/s1. The Hall–Kier alpha value is -1.10. The lowest BCUT2D eigenvalue weighted by Gasteiger charge is -2.16. The zero-order valence-corrected chi connectivity index (χ0v) is 10.4. The number of unbranched alkanes of at least 4 members (excludes halogenated alkanes) is 1. The van der Waals surface area contributed by atoms with Crippen LogP contribution < -0.4 is 5.32 Å². The average molecular weight is 243 g/mol. The van der Waals surface area contributed by atoms with Gasteiger partial charge in [-0.05, 0) is 19.8 Å². The molecule has 0 aromatic rings. The van der Waals surface area contributed by atoms with Crippen LogP contribution in [0, 0.1) is 5.92 Å². The maximum Gasteiger partial charge on any atom is 0.326 e. The van der Waals surface area contributed by atoms with Gasteiger partial charge < -0.3 is 15.2 Å². The van der Waals surface area contributed by atoms with Gasteiger partial charge in [0.2, 0.25) is 5.91 Å². The van der Waals surface area contributed by atoms with Crippen molar-refractivity contribution in [2.45, 2.75) is 51.7 Å². The third-order valence-corrected chi connectivity index (χ3v) is 3.03. The van der Waals surface area contributed by atoms with E-state index in [1.807, 2.05) is 13.8 Å². The van der Waals surface area contributed by atoms with Crippen molar-refractivity contribution >= 4 is 11.9 Å². The van der Waals surface area contributed by atoms with Crippen LogP contribution in [0.5, 0.6) is 0 Å². The van der Waals surface area contributed by atoms with Gasteiger partial charge in [0, 0.05) is 0 Å². The molecule has 3 atom stereocenters. The number of nitrogens with one attached hydrogen (secondary N) is 1. The van der Waals surface area contributed by atoms with Crippen LogP contribution in [0.4, 0.5) is 0 Å². The molecule has 5 nitrogen and oxygen atoms in total. The van der Waals surface area contributed by atoms with Gasteiger partial charge in [-0.1, -0.05) is 19.8 Å². The van der Waals surface area contributed by atoms with Crippen molar-refractivity contribution in [1.82, 2.24) is 5.32 Å². The number of carbonyl (C=O) groups excluding carboxylic acids is 1. The van der Waals surface area contributed by atoms with Gasteiger partial charge in [0.05, 0.1) is 18.6 Å². The minimum absolute atomic E-state index is 0.0877. The van der Waals surface area contributed by atoms with Gasteiger partial charge in [-0.25, -0.2) is 4.79 Å². The molecule has 2 unspecified atom stereocenters. The van der Waals surface area contributed by atoms with Gasteiger partial charge in [-0.3, -0.25) is 4.79 Å². The summed E-state index contributed by atoms with van der Waals surface area (Å²) in [6.45, 7) is 4.30. The lowest BCUT2D eigenvalue weighted by molar-refractivity contribution is -0.142. The average Bonchev–Trinajstić information content (AvgIpc) is 2.70. The van der Waals surface area contributed by atoms with Gasteiger partial charge in [-0.15, -0.1) is 0 Å². The summed E-state index contributed by atoms with van der Waals surface area (Å²) in [6, 6.07) is -0.765. The van der Waals surface area contributed by atoms with E-state index in [1.54, 1.807) is 0 Å². The van der Waals surface area contributed by atoms with Crippen molar-refractivity contribution in [3.8, 4) is 0 Å². The zero-order chi connectivity index (χ0) is 12.8. The van der Waals surface area contributed by atoms with Crippen LogP contribution in [0.25, 0.3) is 0 Å². The molecule has 1 saturated heterocycles. The Bertz CT molecular complexity index is 280. The molecule has 17 heavy (non-hydrogen) atoms. The van der Waals surface area contributed by atoms with Crippen molar-refractivity contribution in [3.63, 3.8) is 0 Å². The largest absolute Gasteiger partial charge is 0.480 e. The van der Waals surface area contributed by atoms with Gasteiger partial charge in [0.1, 0.15) is 6.04 Å². The first-order chi connectivity index (χ1) is 8.04. The van der Waals surface area contributed by atoms with Crippen molar-refractivity contribution in [2.75, 3.05) is 6.61 Å². The molecule has 0 bridgehead atoms. The van der Waals surface area contributed by atoms with E-state index in [0.717, 1.165) is 12.8 Å². The fourth-order valence-electron chi connectivity index (χ4n) is 1.96. The van der Waals surface area contributed by atoms with E-state index in [0.29, 0.717) is 19.4 Å². The molecular formula is C12H21NO4. The molecule has 1 amide bonds. The van der Waals surface area contributed by atoms with Gasteiger partial charge in [-0.2, -0.15) is 0 Å². The second kappa shape index (κ2) is 6.59. The molecule has 1 rings (SSSR count). The summed E-state index contributed by atoms with van der Waals surface area (Å²) in [5.41, 5.74) is 0. The van der Waals surface area contributed by atoms with Crippen molar-refractivity contribution < 1.29 is 19.4 Å². The number of hydrogen-bond acceptors (Lipinski definition) is 3. The molecule has 0 aromatic carbocycles. The molecule has 1 aliphatic heterocycles. The highest BCUT2D eigenvalue weighted by Gasteiger charge is 2.30. The minimum atomic E-state index is -0.959. The number of carbonyl (C=O) groups is 2. The summed E-state index contributed by atoms with van der Waals surface area (Å²) < 4.78 is 5.30. The molecule has 2 N–H and O–H groups in total. The first-order valence-electron chi connectivity index (χ1n) is 6.19. The molecule has 1 heterocycles. The van der Waals surface area contributed by atoms with Crippen LogP contribution in [0.15, 0.2) is 0 Å². The number of aliphatic carboxylic acids is 1. The van der Waals surface area contributed by atoms with Crippen LogP contribution >= 0.6 is 0 Å². The molecule has 1 aliphatic rings. The lowest BCUT2D eigenvalue weighted by atomic mass is 10.0. The lowest BCUT2D eigenvalue weighted by Crippen LogP contribution is -2.43. The minimum Gasteiger partial charge on any atom is -0.480 e. The van der Waals surface area contributed by atoms with Crippen LogP contribution in [-0.2, 0) is 14.3 Å². The third kappa shape index (κ3) is 4.34. The van der Waals surface area contributed by atoms with Crippen LogP contribution in [0.3, 0.4) is 0 Å². The number of carboxylic acids is 1. The summed E-state index contributed by atoms with van der Waals surface area (Å²) in [7, 11) is 0. The van der Waals surface area contributed by atoms with Crippen molar-refractivity contribution in [2.24, 2.45) is 5.92 Å². The van der Waals surface area contributed by atoms with E-state index >= 15 is 0 Å². The first kappa shape index (κ1) is 14.0. The second-order valence-corrected chi connectivity index (χ2v) is 4.62. The third-order valence-electron chi connectivity index (χ3n) is 3.03. The van der Waals surface area contributed by atoms with E-state index in [2.05, 4.69) is 5.32 Å². The molecule has 5 heteroatoms. The van der Waals surface area contributed by atoms with E-state index in [-0.39, 0.29) is 17.9 Å². The Morgan fingerprint density at radius 1 is 1.53 bits per heavy atom. The molecule has 0 radical (unpaired) electrons. The second-order valence-electron chi connectivity index (χ2n) is 4.62. The number of amides is 1.